The predicted octanol–water partition coefficient (Wildman–Crippen LogP) is 5.14. The Labute approximate surface area is 204 Å². The van der Waals surface area contributed by atoms with Crippen molar-refractivity contribution in [2.45, 2.75) is 26.7 Å². The number of aryl methyl sites for hydroxylation is 1. The van der Waals surface area contributed by atoms with Gasteiger partial charge in [0.15, 0.2) is 5.65 Å². The quantitative estimate of drug-likeness (QED) is 0.394. The Balaban J connectivity index is 1.49. The van der Waals surface area contributed by atoms with E-state index in [0.717, 1.165) is 65.4 Å². The molecule has 0 bridgehead atoms. The third-order valence-electron chi connectivity index (χ3n) is 6.62. The minimum atomic E-state index is -0.127. The van der Waals surface area contributed by atoms with Gasteiger partial charge in [0.2, 0.25) is 0 Å². The van der Waals surface area contributed by atoms with Gasteiger partial charge in [0.1, 0.15) is 5.82 Å². The van der Waals surface area contributed by atoms with Crippen molar-refractivity contribution in [2.75, 3.05) is 23.0 Å². The Morgan fingerprint density at radius 3 is 2.23 bits per heavy atom. The van der Waals surface area contributed by atoms with Crippen LogP contribution in [0.1, 0.15) is 31.0 Å². The number of hydrazone groups is 1. The van der Waals surface area contributed by atoms with Gasteiger partial charge >= 0.3 is 0 Å². The van der Waals surface area contributed by atoms with Crippen LogP contribution in [0.4, 0.5) is 11.5 Å². The van der Waals surface area contributed by atoms with Crippen LogP contribution in [0.15, 0.2) is 77.4 Å². The minimum Gasteiger partial charge on any atom is -0.356 e. The molecule has 0 N–H and O–H groups in total. The molecule has 35 heavy (non-hydrogen) atoms. The summed E-state index contributed by atoms with van der Waals surface area (Å²) >= 11 is 0. The molecular weight excluding hydrogens is 436 g/mol. The molecule has 2 aromatic heterocycles. The van der Waals surface area contributed by atoms with E-state index >= 15 is 0 Å². The van der Waals surface area contributed by atoms with Gasteiger partial charge in [-0.3, -0.25) is 4.79 Å². The molecule has 4 heterocycles. The number of pyridine rings is 1. The number of para-hydroxylation sites is 2. The van der Waals surface area contributed by atoms with E-state index in [1.807, 2.05) is 85.3 Å². The van der Waals surface area contributed by atoms with Gasteiger partial charge in [-0.15, -0.1) is 0 Å². The molecular formula is C28H26N6O. The number of aromatic nitrogens is 3. The lowest BCUT2D eigenvalue weighted by Gasteiger charge is -2.19. The van der Waals surface area contributed by atoms with Crippen LogP contribution in [-0.2, 0) is 4.79 Å². The highest BCUT2D eigenvalue weighted by atomic mass is 16.2. The average molecular weight is 463 g/mol. The van der Waals surface area contributed by atoms with Gasteiger partial charge in [-0.1, -0.05) is 36.4 Å². The third kappa shape index (κ3) is 3.69. The second-order valence-corrected chi connectivity index (χ2v) is 9.00. The van der Waals surface area contributed by atoms with E-state index < -0.39 is 0 Å². The number of anilines is 2. The number of carbonyl (C=O) groups is 1. The highest BCUT2D eigenvalue weighted by Gasteiger charge is 2.30. The van der Waals surface area contributed by atoms with Crippen LogP contribution in [0.2, 0.25) is 0 Å². The summed E-state index contributed by atoms with van der Waals surface area (Å²) in [6.07, 6.45) is 4.21. The van der Waals surface area contributed by atoms with Crippen LogP contribution in [-0.4, -0.2) is 39.5 Å². The zero-order chi connectivity index (χ0) is 23.9. The number of hydrogen-bond acceptors (Lipinski definition) is 5. The van der Waals surface area contributed by atoms with Crippen LogP contribution < -0.4 is 9.91 Å². The number of fused-ring (bicyclic) bond motifs is 1. The van der Waals surface area contributed by atoms with E-state index in [0.29, 0.717) is 11.3 Å². The molecule has 0 atom stereocenters. The summed E-state index contributed by atoms with van der Waals surface area (Å²) in [5, 5.41) is 11.8. The second kappa shape index (κ2) is 8.51. The fraction of sp³-hybridized carbons (Fsp3) is 0.214. The molecule has 2 aliphatic rings. The highest BCUT2D eigenvalue weighted by Crippen LogP contribution is 2.32. The van der Waals surface area contributed by atoms with Crippen molar-refractivity contribution in [1.29, 1.82) is 0 Å². The van der Waals surface area contributed by atoms with Crippen LogP contribution in [0.25, 0.3) is 22.8 Å². The van der Waals surface area contributed by atoms with E-state index in [1.165, 1.54) is 5.01 Å². The summed E-state index contributed by atoms with van der Waals surface area (Å²) < 4.78 is 1.91. The molecule has 0 aliphatic carbocycles. The molecule has 1 fully saturated rings. The van der Waals surface area contributed by atoms with Gasteiger partial charge in [0.05, 0.1) is 28.4 Å². The Morgan fingerprint density at radius 2 is 1.54 bits per heavy atom. The number of rotatable bonds is 4. The standard InChI is InChI=1S/C28H26N6O/c1-19-24-17-21(18-25-20(2)31-34(28(25)35)23-13-7-4-8-14-23)26(32-15-9-10-16-32)29-27(24)33(30-19)22-11-5-3-6-12-22/h3-8,11-14,17-18H,9-10,15-16H2,1-2H3. The number of benzene rings is 2. The Bertz CT molecular complexity index is 1480. The smallest absolute Gasteiger partial charge is 0.280 e. The van der Waals surface area contributed by atoms with E-state index in [1.54, 1.807) is 0 Å². The number of amides is 1. The molecule has 4 aromatic rings. The Hall–Kier alpha value is -4.26. The monoisotopic (exact) mass is 462 g/mol. The lowest BCUT2D eigenvalue weighted by Crippen LogP contribution is -2.22. The first-order valence-corrected chi connectivity index (χ1v) is 12.0. The first kappa shape index (κ1) is 21.3. The molecule has 7 nitrogen and oxygen atoms in total. The maximum Gasteiger partial charge on any atom is 0.280 e. The molecule has 1 amide bonds. The summed E-state index contributed by atoms with van der Waals surface area (Å²) in [6.45, 7) is 5.78. The summed E-state index contributed by atoms with van der Waals surface area (Å²) in [7, 11) is 0. The second-order valence-electron chi connectivity index (χ2n) is 9.00. The molecule has 6 rings (SSSR count). The van der Waals surface area contributed by atoms with Gasteiger partial charge in [-0.05, 0) is 63.1 Å². The van der Waals surface area contributed by atoms with Crippen molar-refractivity contribution in [2.24, 2.45) is 5.10 Å². The zero-order valence-corrected chi connectivity index (χ0v) is 19.8. The van der Waals surface area contributed by atoms with Crippen molar-refractivity contribution < 1.29 is 4.79 Å². The molecule has 174 valence electrons. The summed E-state index contributed by atoms with van der Waals surface area (Å²) in [6, 6.07) is 21.7. The zero-order valence-electron chi connectivity index (χ0n) is 19.8. The van der Waals surface area contributed by atoms with Gasteiger partial charge in [-0.25, -0.2) is 9.67 Å². The number of nitrogens with zero attached hydrogens (tertiary/aromatic N) is 6. The van der Waals surface area contributed by atoms with E-state index in [2.05, 4.69) is 16.1 Å². The normalized spacial score (nSPS) is 17.1. The molecule has 0 radical (unpaired) electrons. The summed E-state index contributed by atoms with van der Waals surface area (Å²) in [5.41, 5.74) is 5.66. The van der Waals surface area contributed by atoms with Gasteiger partial charge in [0.25, 0.3) is 5.91 Å². The van der Waals surface area contributed by atoms with Crippen LogP contribution in [0, 0.1) is 6.92 Å². The molecule has 2 aliphatic heterocycles. The minimum absolute atomic E-state index is 0.127. The summed E-state index contributed by atoms with van der Waals surface area (Å²) in [5.74, 6) is 0.760. The molecule has 7 heteroatoms. The Kier molecular flexibility index (Phi) is 5.17. The van der Waals surface area contributed by atoms with Crippen molar-refractivity contribution >= 4 is 40.2 Å². The first-order chi connectivity index (χ1) is 17.1. The molecule has 1 saturated heterocycles. The fourth-order valence-corrected chi connectivity index (χ4v) is 4.81. The summed E-state index contributed by atoms with van der Waals surface area (Å²) in [4.78, 5) is 20.8. The SMILES string of the molecule is CC1=NN(c2ccccc2)C(=O)C1=Cc1cc2c(C)nn(-c3ccccc3)c2nc1N1CCCC1. The van der Waals surface area contributed by atoms with E-state index in [4.69, 9.17) is 10.1 Å². The van der Waals surface area contributed by atoms with Gasteiger partial charge in [0, 0.05) is 24.0 Å². The largest absolute Gasteiger partial charge is 0.356 e. The van der Waals surface area contributed by atoms with Gasteiger partial charge < -0.3 is 4.90 Å². The first-order valence-electron chi connectivity index (χ1n) is 12.0. The lowest BCUT2D eigenvalue weighted by molar-refractivity contribution is -0.114. The fourth-order valence-electron chi connectivity index (χ4n) is 4.81. The maximum absolute atomic E-state index is 13.4. The predicted molar refractivity (Wildman–Crippen MR) is 140 cm³/mol. The van der Waals surface area contributed by atoms with E-state index in [-0.39, 0.29) is 5.91 Å². The van der Waals surface area contributed by atoms with Crippen molar-refractivity contribution in [3.63, 3.8) is 0 Å². The van der Waals surface area contributed by atoms with Crippen molar-refractivity contribution in [1.82, 2.24) is 14.8 Å². The number of carbonyl (C=O) groups excluding carboxylic acids is 1. The third-order valence-corrected chi connectivity index (χ3v) is 6.62. The van der Waals surface area contributed by atoms with Crippen molar-refractivity contribution in [3.8, 4) is 5.69 Å². The highest BCUT2D eigenvalue weighted by molar-refractivity contribution is 6.32. The maximum atomic E-state index is 13.4. The molecule has 0 saturated carbocycles. The van der Waals surface area contributed by atoms with E-state index in [9.17, 15) is 4.79 Å². The molecule has 0 unspecified atom stereocenters. The molecule has 2 aromatic carbocycles. The van der Waals surface area contributed by atoms with Crippen LogP contribution in [0.5, 0.6) is 0 Å². The number of hydrogen-bond donors (Lipinski definition) is 0. The molecule has 0 spiro atoms. The van der Waals surface area contributed by atoms with Crippen LogP contribution in [0.3, 0.4) is 0 Å². The van der Waals surface area contributed by atoms with Gasteiger partial charge in [-0.2, -0.15) is 15.2 Å². The lowest BCUT2D eigenvalue weighted by atomic mass is 10.1. The topological polar surface area (TPSA) is 66.6 Å². The Morgan fingerprint density at radius 1 is 0.886 bits per heavy atom. The average Bonchev–Trinajstić information content (AvgIpc) is 3.60. The van der Waals surface area contributed by atoms with Crippen LogP contribution >= 0.6 is 0 Å². The van der Waals surface area contributed by atoms with Crippen molar-refractivity contribution in [3.05, 3.63) is 83.6 Å².